The second-order valence-corrected chi connectivity index (χ2v) is 4.71. The van der Waals surface area contributed by atoms with Gasteiger partial charge in [0, 0.05) is 13.1 Å². The summed E-state index contributed by atoms with van der Waals surface area (Å²) in [5.41, 5.74) is -0.234. The molecule has 0 saturated carbocycles. The first-order chi connectivity index (χ1) is 11.0. The highest BCUT2D eigenvalue weighted by atomic mass is 16.6. The molecule has 0 radical (unpaired) electrons. The van der Waals surface area contributed by atoms with Crippen molar-refractivity contribution < 1.29 is 28.6 Å². The van der Waals surface area contributed by atoms with Crippen LogP contribution in [0, 0.1) is 0 Å². The number of carbonyl (C=O) groups excluding carboxylic acids is 3. The second kappa shape index (κ2) is 9.02. The first-order valence-corrected chi connectivity index (χ1v) is 7.73. The molecule has 8 nitrogen and oxygen atoms in total. The van der Waals surface area contributed by atoms with Crippen LogP contribution in [0.15, 0.2) is 11.4 Å². The van der Waals surface area contributed by atoms with Gasteiger partial charge in [-0.3, -0.25) is 0 Å². The van der Waals surface area contributed by atoms with Gasteiger partial charge in [0.2, 0.25) is 0 Å². The summed E-state index contributed by atoms with van der Waals surface area (Å²) in [7, 11) is 0. The van der Waals surface area contributed by atoms with Crippen molar-refractivity contribution in [1.29, 1.82) is 0 Å². The molecule has 0 bridgehead atoms. The predicted molar refractivity (Wildman–Crippen MR) is 81.1 cm³/mol. The average Bonchev–Trinajstić information content (AvgIpc) is 2.96. The van der Waals surface area contributed by atoms with E-state index < -0.39 is 23.9 Å². The van der Waals surface area contributed by atoms with Crippen LogP contribution in [0.2, 0.25) is 0 Å². The maximum absolute atomic E-state index is 12.1. The Morgan fingerprint density at radius 1 is 1.04 bits per heavy atom. The summed E-state index contributed by atoms with van der Waals surface area (Å²) in [6.07, 6.45) is 0. The standard InChI is InChI=1S/C15H24N2O6/c1-5-21-13(18)10(4)17-9-8-16-12(17)11(14(19)22-6-2)15(20)23-7-3/h10,16H,5-9H2,1-4H3. The smallest absolute Gasteiger partial charge is 0.349 e. The van der Waals surface area contributed by atoms with E-state index in [9.17, 15) is 14.4 Å². The van der Waals surface area contributed by atoms with Gasteiger partial charge in [-0.2, -0.15) is 0 Å². The van der Waals surface area contributed by atoms with Crippen LogP contribution in [-0.2, 0) is 28.6 Å². The summed E-state index contributed by atoms with van der Waals surface area (Å²) >= 11 is 0. The van der Waals surface area contributed by atoms with Gasteiger partial charge in [0.15, 0.2) is 5.57 Å². The Bertz CT molecular complexity index is 468. The molecule has 1 unspecified atom stereocenters. The van der Waals surface area contributed by atoms with E-state index in [4.69, 9.17) is 14.2 Å². The van der Waals surface area contributed by atoms with E-state index in [-0.39, 0.29) is 31.2 Å². The Hall–Kier alpha value is -2.25. The molecule has 130 valence electrons. The summed E-state index contributed by atoms with van der Waals surface area (Å²) < 4.78 is 14.9. The number of hydrogen-bond donors (Lipinski definition) is 1. The summed E-state index contributed by atoms with van der Waals surface area (Å²) in [4.78, 5) is 37.8. The molecule has 8 heteroatoms. The predicted octanol–water partition coefficient (Wildman–Crippen LogP) is 0.181. The molecule has 1 saturated heterocycles. The van der Waals surface area contributed by atoms with Crippen LogP contribution in [-0.4, -0.2) is 61.8 Å². The molecule has 1 atom stereocenters. The maximum Gasteiger partial charge on any atom is 0.349 e. The van der Waals surface area contributed by atoms with Crippen LogP contribution in [0.1, 0.15) is 27.7 Å². The van der Waals surface area contributed by atoms with Crippen molar-refractivity contribution in [1.82, 2.24) is 10.2 Å². The molecule has 0 spiro atoms. The molecule has 1 fully saturated rings. The van der Waals surface area contributed by atoms with Gasteiger partial charge in [-0.05, 0) is 27.7 Å². The Morgan fingerprint density at radius 2 is 1.57 bits per heavy atom. The summed E-state index contributed by atoms with van der Waals surface area (Å²) in [5.74, 6) is -1.75. The quantitative estimate of drug-likeness (QED) is 0.233. The summed E-state index contributed by atoms with van der Waals surface area (Å²) in [5, 5.41) is 2.96. The molecule has 1 aliphatic heterocycles. The molecule has 0 aromatic carbocycles. The highest BCUT2D eigenvalue weighted by Crippen LogP contribution is 2.19. The number of nitrogens with one attached hydrogen (secondary N) is 1. The van der Waals surface area contributed by atoms with Crippen molar-refractivity contribution in [3.8, 4) is 0 Å². The first-order valence-electron chi connectivity index (χ1n) is 7.73. The number of hydrogen-bond acceptors (Lipinski definition) is 8. The number of ether oxygens (including phenoxy) is 3. The van der Waals surface area contributed by atoms with Gasteiger partial charge in [-0.15, -0.1) is 0 Å². The molecule has 0 aromatic rings. The van der Waals surface area contributed by atoms with Gasteiger partial charge in [-0.25, -0.2) is 14.4 Å². The molecule has 1 rings (SSSR count). The maximum atomic E-state index is 12.1. The highest BCUT2D eigenvalue weighted by Gasteiger charge is 2.35. The SMILES string of the molecule is CCOC(=O)C(C(=O)OCC)=C1NCCN1C(C)C(=O)OCC. The van der Waals surface area contributed by atoms with E-state index in [2.05, 4.69) is 5.32 Å². The van der Waals surface area contributed by atoms with E-state index >= 15 is 0 Å². The lowest BCUT2D eigenvalue weighted by Crippen LogP contribution is -2.40. The molecule has 0 aromatic heterocycles. The molecule has 23 heavy (non-hydrogen) atoms. The van der Waals surface area contributed by atoms with Crippen LogP contribution in [0.4, 0.5) is 0 Å². The van der Waals surface area contributed by atoms with Gasteiger partial charge in [0.25, 0.3) is 0 Å². The minimum Gasteiger partial charge on any atom is -0.464 e. The van der Waals surface area contributed by atoms with E-state index in [0.717, 1.165) is 0 Å². The Kier molecular flexibility index (Phi) is 7.37. The van der Waals surface area contributed by atoms with Crippen LogP contribution in [0.3, 0.4) is 0 Å². The van der Waals surface area contributed by atoms with Gasteiger partial charge in [-0.1, -0.05) is 0 Å². The largest absolute Gasteiger partial charge is 0.464 e. The van der Waals surface area contributed by atoms with Crippen molar-refractivity contribution >= 4 is 17.9 Å². The number of nitrogens with zero attached hydrogens (tertiary/aromatic N) is 1. The van der Waals surface area contributed by atoms with Crippen molar-refractivity contribution in [2.45, 2.75) is 33.7 Å². The van der Waals surface area contributed by atoms with Gasteiger partial charge in [0.05, 0.1) is 19.8 Å². The zero-order chi connectivity index (χ0) is 17.4. The second-order valence-electron chi connectivity index (χ2n) is 4.71. The highest BCUT2D eigenvalue weighted by molar-refractivity contribution is 6.14. The lowest BCUT2D eigenvalue weighted by Gasteiger charge is -2.26. The van der Waals surface area contributed by atoms with Crippen LogP contribution in [0.5, 0.6) is 0 Å². The van der Waals surface area contributed by atoms with Crippen LogP contribution < -0.4 is 5.32 Å². The Labute approximate surface area is 135 Å². The molecule has 1 heterocycles. The van der Waals surface area contributed by atoms with E-state index in [1.165, 1.54) is 0 Å². The van der Waals surface area contributed by atoms with Crippen molar-refractivity contribution in [3.05, 3.63) is 11.4 Å². The fourth-order valence-corrected chi connectivity index (χ4v) is 2.20. The third kappa shape index (κ3) is 4.61. The monoisotopic (exact) mass is 328 g/mol. The topological polar surface area (TPSA) is 94.2 Å². The fourth-order valence-electron chi connectivity index (χ4n) is 2.20. The number of carbonyl (C=O) groups is 3. The lowest BCUT2D eigenvalue weighted by molar-refractivity contribution is -0.150. The molecule has 0 amide bonds. The summed E-state index contributed by atoms with van der Waals surface area (Å²) in [6.45, 7) is 8.11. The minimum absolute atomic E-state index is 0.127. The Morgan fingerprint density at radius 3 is 2.04 bits per heavy atom. The third-order valence-electron chi connectivity index (χ3n) is 3.22. The Balaban J connectivity index is 3.17. The number of rotatable bonds is 7. The van der Waals surface area contributed by atoms with Gasteiger partial charge < -0.3 is 24.4 Å². The first kappa shape index (κ1) is 18.8. The average molecular weight is 328 g/mol. The van der Waals surface area contributed by atoms with Gasteiger partial charge in [0.1, 0.15) is 11.9 Å². The van der Waals surface area contributed by atoms with Crippen molar-refractivity contribution in [3.63, 3.8) is 0 Å². The van der Waals surface area contributed by atoms with Crippen molar-refractivity contribution in [2.24, 2.45) is 0 Å². The zero-order valence-electron chi connectivity index (χ0n) is 14.0. The molecule has 0 aliphatic carbocycles. The van der Waals surface area contributed by atoms with Gasteiger partial charge >= 0.3 is 17.9 Å². The van der Waals surface area contributed by atoms with E-state index in [0.29, 0.717) is 13.1 Å². The molecule has 1 aliphatic rings. The fraction of sp³-hybridized carbons (Fsp3) is 0.667. The molecular weight excluding hydrogens is 304 g/mol. The molecular formula is C15H24N2O6. The molecule has 1 N–H and O–H groups in total. The normalized spacial score (nSPS) is 14.8. The van der Waals surface area contributed by atoms with Crippen molar-refractivity contribution in [2.75, 3.05) is 32.9 Å². The van der Waals surface area contributed by atoms with E-state index in [1.807, 2.05) is 0 Å². The van der Waals surface area contributed by atoms with Crippen LogP contribution >= 0.6 is 0 Å². The lowest BCUT2D eigenvalue weighted by atomic mass is 10.2. The van der Waals surface area contributed by atoms with Crippen LogP contribution in [0.25, 0.3) is 0 Å². The summed E-state index contributed by atoms with van der Waals surface area (Å²) in [6, 6.07) is -0.640. The zero-order valence-corrected chi connectivity index (χ0v) is 14.0. The number of esters is 3. The minimum atomic E-state index is -0.781. The van der Waals surface area contributed by atoms with E-state index in [1.54, 1.807) is 32.6 Å². The third-order valence-corrected chi connectivity index (χ3v) is 3.22.